The fraction of sp³-hybridized carbons (Fsp3) is 0.350. The summed E-state index contributed by atoms with van der Waals surface area (Å²) >= 11 is 0. The summed E-state index contributed by atoms with van der Waals surface area (Å²) in [5.74, 6) is 1.76. The third-order valence-electron chi connectivity index (χ3n) is 4.23. The van der Waals surface area contributed by atoms with Gasteiger partial charge in [0.2, 0.25) is 5.91 Å². The highest BCUT2D eigenvalue weighted by Crippen LogP contribution is 2.22. The van der Waals surface area contributed by atoms with Crippen LogP contribution in [0, 0.1) is 0 Å². The van der Waals surface area contributed by atoms with Gasteiger partial charge in [-0.15, -0.1) is 0 Å². The number of hydrogen-bond acceptors (Lipinski definition) is 3. The lowest BCUT2D eigenvalue weighted by Gasteiger charge is -2.12. The van der Waals surface area contributed by atoms with Crippen LogP contribution in [0.4, 0.5) is 5.69 Å². The van der Waals surface area contributed by atoms with Crippen molar-refractivity contribution in [3.63, 3.8) is 0 Å². The minimum absolute atomic E-state index is 0.137. The molecular formula is C20H24N2O2. The number of para-hydroxylation sites is 1. The predicted octanol–water partition coefficient (Wildman–Crippen LogP) is 4.34. The quantitative estimate of drug-likeness (QED) is 0.796. The molecule has 0 unspecified atom stereocenters. The number of carbonyl (C=O) groups excluding carboxylic acids is 1. The number of benzene rings is 2. The second-order valence-electron chi connectivity index (χ2n) is 6.17. The molecular weight excluding hydrogens is 300 g/mol. The first-order chi connectivity index (χ1) is 11.8. The Morgan fingerprint density at radius 1 is 0.958 bits per heavy atom. The molecule has 4 nitrogen and oxygen atoms in total. The van der Waals surface area contributed by atoms with Crippen LogP contribution in [0.1, 0.15) is 32.1 Å². The number of amides is 1. The van der Waals surface area contributed by atoms with Gasteiger partial charge in [0.25, 0.3) is 0 Å². The molecule has 1 aliphatic rings. The molecule has 1 amide bonds. The summed E-state index contributed by atoms with van der Waals surface area (Å²) in [5.41, 5.74) is 0.990. The van der Waals surface area contributed by atoms with Crippen LogP contribution in [0.2, 0.25) is 0 Å². The van der Waals surface area contributed by atoms with E-state index in [4.69, 9.17) is 4.74 Å². The average Bonchev–Trinajstić information content (AvgIpc) is 3.10. The Morgan fingerprint density at radius 3 is 2.33 bits per heavy atom. The molecule has 0 saturated heterocycles. The van der Waals surface area contributed by atoms with Crippen molar-refractivity contribution in [2.45, 2.75) is 38.1 Å². The number of hydrogen-bond donors (Lipinski definition) is 2. The molecule has 1 saturated carbocycles. The monoisotopic (exact) mass is 324 g/mol. The normalized spacial score (nSPS) is 14.3. The molecule has 0 heterocycles. The van der Waals surface area contributed by atoms with Crippen molar-refractivity contribution in [1.29, 1.82) is 0 Å². The van der Waals surface area contributed by atoms with E-state index in [2.05, 4.69) is 10.6 Å². The maximum absolute atomic E-state index is 11.9. The minimum atomic E-state index is 0.137. The lowest BCUT2D eigenvalue weighted by molar-refractivity contribution is -0.121. The molecule has 0 bridgehead atoms. The van der Waals surface area contributed by atoms with Gasteiger partial charge in [0, 0.05) is 24.7 Å². The van der Waals surface area contributed by atoms with Gasteiger partial charge in [-0.25, -0.2) is 0 Å². The summed E-state index contributed by atoms with van der Waals surface area (Å²) in [7, 11) is 0. The van der Waals surface area contributed by atoms with Crippen molar-refractivity contribution < 1.29 is 9.53 Å². The largest absolute Gasteiger partial charge is 0.457 e. The molecule has 126 valence electrons. The van der Waals surface area contributed by atoms with E-state index in [0.717, 1.165) is 30.0 Å². The fourth-order valence-corrected chi connectivity index (χ4v) is 2.96. The van der Waals surface area contributed by atoms with Crippen molar-refractivity contribution in [2.24, 2.45) is 0 Å². The van der Waals surface area contributed by atoms with E-state index in [0.29, 0.717) is 19.0 Å². The molecule has 0 atom stereocenters. The maximum atomic E-state index is 11.9. The van der Waals surface area contributed by atoms with Crippen molar-refractivity contribution in [2.75, 3.05) is 11.9 Å². The first kappa shape index (κ1) is 16.4. The number of nitrogens with one attached hydrogen (secondary N) is 2. The van der Waals surface area contributed by atoms with E-state index in [-0.39, 0.29) is 5.91 Å². The van der Waals surface area contributed by atoms with Crippen LogP contribution in [0.15, 0.2) is 54.6 Å². The molecule has 24 heavy (non-hydrogen) atoms. The number of ether oxygens (including phenoxy) is 1. The Kier molecular flexibility index (Phi) is 5.72. The van der Waals surface area contributed by atoms with Crippen molar-refractivity contribution in [1.82, 2.24) is 5.32 Å². The Hall–Kier alpha value is -2.49. The van der Waals surface area contributed by atoms with Gasteiger partial charge in [-0.05, 0) is 49.2 Å². The smallest absolute Gasteiger partial charge is 0.221 e. The highest BCUT2D eigenvalue weighted by atomic mass is 16.5. The molecule has 1 aliphatic carbocycles. The number of anilines is 1. The predicted molar refractivity (Wildman–Crippen MR) is 96.5 cm³/mol. The fourth-order valence-electron chi connectivity index (χ4n) is 2.96. The Labute approximate surface area is 143 Å². The van der Waals surface area contributed by atoms with E-state index in [1.165, 1.54) is 12.8 Å². The molecule has 2 aromatic rings. The summed E-state index contributed by atoms with van der Waals surface area (Å²) in [6.45, 7) is 0.636. The van der Waals surface area contributed by atoms with Crippen LogP contribution < -0.4 is 15.4 Å². The third kappa shape index (κ3) is 5.01. The van der Waals surface area contributed by atoms with Gasteiger partial charge in [-0.1, -0.05) is 31.0 Å². The molecule has 2 aromatic carbocycles. The number of carbonyl (C=O) groups is 1. The van der Waals surface area contributed by atoms with Gasteiger partial charge in [-0.2, -0.15) is 0 Å². The van der Waals surface area contributed by atoms with Crippen LogP contribution in [-0.2, 0) is 4.79 Å². The molecule has 4 heteroatoms. The van der Waals surface area contributed by atoms with Crippen molar-refractivity contribution >= 4 is 11.6 Å². The number of rotatable bonds is 7. The lowest BCUT2D eigenvalue weighted by atomic mass is 10.2. The summed E-state index contributed by atoms with van der Waals surface area (Å²) in [4.78, 5) is 11.9. The van der Waals surface area contributed by atoms with Crippen LogP contribution in [0.3, 0.4) is 0 Å². The zero-order valence-electron chi connectivity index (χ0n) is 13.8. The van der Waals surface area contributed by atoms with Gasteiger partial charge in [0.05, 0.1) is 0 Å². The van der Waals surface area contributed by atoms with Gasteiger partial charge in [0.15, 0.2) is 0 Å². The lowest BCUT2D eigenvalue weighted by Crippen LogP contribution is -2.33. The first-order valence-electron chi connectivity index (χ1n) is 8.66. The maximum Gasteiger partial charge on any atom is 0.221 e. The Bertz CT molecular complexity index is 634. The van der Waals surface area contributed by atoms with Crippen molar-refractivity contribution in [3.05, 3.63) is 54.6 Å². The second kappa shape index (κ2) is 8.39. The summed E-state index contributed by atoms with van der Waals surface area (Å²) < 4.78 is 5.76. The molecule has 0 radical (unpaired) electrons. The Balaban J connectivity index is 1.40. The summed E-state index contributed by atoms with van der Waals surface area (Å²) in [6, 6.07) is 17.9. The molecule has 0 aromatic heterocycles. The Morgan fingerprint density at radius 2 is 1.62 bits per heavy atom. The van der Waals surface area contributed by atoms with Gasteiger partial charge in [0.1, 0.15) is 11.5 Å². The van der Waals surface area contributed by atoms with E-state index in [1.54, 1.807) is 0 Å². The van der Waals surface area contributed by atoms with Crippen LogP contribution in [-0.4, -0.2) is 18.5 Å². The van der Waals surface area contributed by atoms with Crippen LogP contribution >= 0.6 is 0 Å². The molecule has 1 fully saturated rings. The van der Waals surface area contributed by atoms with E-state index >= 15 is 0 Å². The third-order valence-corrected chi connectivity index (χ3v) is 4.23. The SMILES string of the molecule is O=C(CCNc1ccc(Oc2ccccc2)cc1)NC1CCCC1. The molecule has 0 spiro atoms. The van der Waals surface area contributed by atoms with Crippen LogP contribution in [0.25, 0.3) is 0 Å². The van der Waals surface area contributed by atoms with Gasteiger partial charge >= 0.3 is 0 Å². The zero-order chi connectivity index (χ0) is 16.6. The summed E-state index contributed by atoms with van der Waals surface area (Å²) in [5, 5.41) is 6.38. The minimum Gasteiger partial charge on any atom is -0.457 e. The molecule has 2 N–H and O–H groups in total. The summed E-state index contributed by atoms with van der Waals surface area (Å²) in [6.07, 6.45) is 5.23. The zero-order valence-corrected chi connectivity index (χ0v) is 13.8. The second-order valence-corrected chi connectivity index (χ2v) is 6.17. The van der Waals surface area contributed by atoms with Gasteiger partial charge in [-0.3, -0.25) is 4.79 Å². The molecule has 0 aliphatic heterocycles. The van der Waals surface area contributed by atoms with E-state index < -0.39 is 0 Å². The average molecular weight is 324 g/mol. The van der Waals surface area contributed by atoms with E-state index in [9.17, 15) is 4.79 Å². The standard InChI is InChI=1S/C20H24N2O2/c23-20(22-17-6-4-5-7-17)14-15-21-16-10-12-19(13-11-16)24-18-8-2-1-3-9-18/h1-3,8-13,17,21H,4-7,14-15H2,(H,22,23). The van der Waals surface area contributed by atoms with Crippen molar-refractivity contribution in [3.8, 4) is 11.5 Å². The molecule has 3 rings (SSSR count). The van der Waals surface area contributed by atoms with Gasteiger partial charge < -0.3 is 15.4 Å². The topological polar surface area (TPSA) is 50.4 Å². The first-order valence-corrected chi connectivity index (χ1v) is 8.66. The van der Waals surface area contributed by atoms with Crippen LogP contribution in [0.5, 0.6) is 11.5 Å². The van der Waals surface area contributed by atoms with E-state index in [1.807, 2.05) is 54.6 Å². The highest BCUT2D eigenvalue weighted by molar-refractivity contribution is 5.76. The highest BCUT2D eigenvalue weighted by Gasteiger charge is 2.16.